The predicted octanol–water partition coefficient (Wildman–Crippen LogP) is -0.281. The molecule has 1 rings (SSSR count). The second-order valence-corrected chi connectivity index (χ2v) is 4.26. The zero-order chi connectivity index (χ0) is 9.84. The number of nitrogens with two attached hydrogens (primary N) is 1. The van der Waals surface area contributed by atoms with E-state index >= 15 is 0 Å². The standard InChI is InChI=1S/C8H8BrFN2S.ClH/c9-7-3-6(10)2-1-5(7)4-13-8(11)12;/h1-3H,4H2,(H3,11,12);1H/p-1. The maximum Gasteiger partial charge on any atom is 0.151 e. The average molecular weight is 299 g/mol. The first-order chi connectivity index (χ1) is 6.09. The van der Waals surface area contributed by atoms with Crippen molar-refractivity contribution in [3.8, 4) is 0 Å². The predicted molar refractivity (Wildman–Crippen MR) is 57.3 cm³/mol. The topological polar surface area (TPSA) is 49.9 Å². The summed E-state index contributed by atoms with van der Waals surface area (Å²) in [6, 6.07) is 4.46. The van der Waals surface area contributed by atoms with Gasteiger partial charge in [-0.1, -0.05) is 33.8 Å². The Balaban J connectivity index is 0.00000169. The van der Waals surface area contributed by atoms with E-state index in [4.69, 9.17) is 11.1 Å². The van der Waals surface area contributed by atoms with Gasteiger partial charge in [0.2, 0.25) is 0 Å². The molecule has 0 heterocycles. The van der Waals surface area contributed by atoms with Crippen molar-refractivity contribution in [2.75, 3.05) is 0 Å². The van der Waals surface area contributed by atoms with Crippen LogP contribution in [-0.4, -0.2) is 5.17 Å². The van der Waals surface area contributed by atoms with Crippen LogP contribution in [0.2, 0.25) is 0 Å². The molecule has 0 saturated heterocycles. The van der Waals surface area contributed by atoms with Crippen molar-refractivity contribution in [1.29, 1.82) is 5.41 Å². The molecule has 0 bridgehead atoms. The molecule has 0 saturated carbocycles. The molecule has 0 atom stereocenters. The molecule has 0 unspecified atom stereocenters. The Morgan fingerprint density at radius 2 is 2.21 bits per heavy atom. The molecule has 0 amide bonds. The van der Waals surface area contributed by atoms with Crippen LogP contribution in [-0.2, 0) is 5.75 Å². The monoisotopic (exact) mass is 297 g/mol. The summed E-state index contributed by atoms with van der Waals surface area (Å²) in [6.45, 7) is 0. The summed E-state index contributed by atoms with van der Waals surface area (Å²) < 4.78 is 13.4. The quantitative estimate of drug-likeness (QED) is 0.583. The first kappa shape index (κ1) is 13.7. The fraction of sp³-hybridized carbons (Fsp3) is 0.125. The summed E-state index contributed by atoms with van der Waals surface area (Å²) in [7, 11) is 0. The Labute approximate surface area is 100 Å². The highest BCUT2D eigenvalue weighted by Crippen LogP contribution is 2.22. The molecule has 0 fully saturated rings. The van der Waals surface area contributed by atoms with Crippen LogP contribution in [0.15, 0.2) is 22.7 Å². The first-order valence-electron chi connectivity index (χ1n) is 3.50. The van der Waals surface area contributed by atoms with E-state index < -0.39 is 0 Å². The van der Waals surface area contributed by atoms with E-state index in [1.165, 1.54) is 23.9 Å². The average Bonchev–Trinajstić information content (AvgIpc) is 2.02. The lowest BCUT2D eigenvalue weighted by atomic mass is 10.2. The van der Waals surface area contributed by atoms with Crippen LogP contribution in [0.5, 0.6) is 0 Å². The largest absolute Gasteiger partial charge is 1.00 e. The SMILES string of the molecule is N=C(N)SCc1ccc(F)cc1Br.[Cl-]. The van der Waals surface area contributed by atoms with Gasteiger partial charge in [-0.15, -0.1) is 0 Å². The number of amidine groups is 1. The van der Waals surface area contributed by atoms with Gasteiger partial charge in [-0.05, 0) is 17.7 Å². The minimum atomic E-state index is -0.275. The molecule has 6 heteroatoms. The van der Waals surface area contributed by atoms with Gasteiger partial charge in [0, 0.05) is 10.2 Å². The summed E-state index contributed by atoms with van der Waals surface area (Å²) in [5, 5.41) is 7.07. The minimum Gasteiger partial charge on any atom is -1.00 e. The summed E-state index contributed by atoms with van der Waals surface area (Å²) in [5.74, 6) is 0.305. The number of nitrogens with one attached hydrogen (secondary N) is 1. The molecule has 2 nitrogen and oxygen atoms in total. The third-order valence-corrected chi connectivity index (χ3v) is 2.90. The second-order valence-electron chi connectivity index (χ2n) is 2.39. The van der Waals surface area contributed by atoms with Gasteiger partial charge in [0.15, 0.2) is 5.17 Å². The molecule has 0 aliphatic heterocycles. The molecular weight excluding hydrogens is 291 g/mol. The van der Waals surface area contributed by atoms with Crippen LogP contribution in [0.25, 0.3) is 0 Å². The Morgan fingerprint density at radius 3 is 2.71 bits per heavy atom. The molecule has 1 aromatic rings. The third-order valence-electron chi connectivity index (χ3n) is 1.40. The molecule has 0 aromatic heterocycles. The van der Waals surface area contributed by atoms with E-state index in [0.717, 1.165) is 5.56 Å². The number of hydrogen-bond donors (Lipinski definition) is 2. The molecule has 14 heavy (non-hydrogen) atoms. The molecule has 1 aromatic carbocycles. The lowest BCUT2D eigenvalue weighted by molar-refractivity contribution is -0.00000346. The van der Waals surface area contributed by atoms with Gasteiger partial charge in [-0.25, -0.2) is 4.39 Å². The zero-order valence-corrected chi connectivity index (χ0v) is 10.2. The van der Waals surface area contributed by atoms with E-state index in [2.05, 4.69) is 15.9 Å². The highest BCUT2D eigenvalue weighted by Gasteiger charge is 2.02. The lowest BCUT2D eigenvalue weighted by Gasteiger charge is -2.02. The molecule has 0 radical (unpaired) electrons. The number of benzene rings is 1. The van der Waals surface area contributed by atoms with Crippen LogP contribution in [0, 0.1) is 11.2 Å². The van der Waals surface area contributed by atoms with Crippen molar-refractivity contribution in [2.45, 2.75) is 5.75 Å². The molecule has 78 valence electrons. The number of hydrogen-bond acceptors (Lipinski definition) is 2. The van der Waals surface area contributed by atoms with E-state index in [1.807, 2.05) is 0 Å². The van der Waals surface area contributed by atoms with Crippen molar-refractivity contribution in [2.24, 2.45) is 5.73 Å². The maximum atomic E-state index is 12.6. The first-order valence-corrected chi connectivity index (χ1v) is 5.28. The van der Waals surface area contributed by atoms with E-state index in [9.17, 15) is 4.39 Å². The molecule has 0 spiro atoms. The third kappa shape index (κ3) is 4.30. The van der Waals surface area contributed by atoms with Crippen molar-refractivity contribution in [3.05, 3.63) is 34.1 Å². The molecule has 3 N–H and O–H groups in total. The summed E-state index contributed by atoms with van der Waals surface area (Å²) in [5.41, 5.74) is 6.11. The molecular formula is C8H8BrClFN2S-. The number of thioether (sulfide) groups is 1. The van der Waals surface area contributed by atoms with Gasteiger partial charge in [0.1, 0.15) is 5.82 Å². The second kappa shape index (κ2) is 6.27. The van der Waals surface area contributed by atoms with Gasteiger partial charge in [-0.2, -0.15) is 0 Å². The van der Waals surface area contributed by atoms with Gasteiger partial charge >= 0.3 is 0 Å². The van der Waals surface area contributed by atoms with Crippen LogP contribution >= 0.6 is 27.7 Å². The highest BCUT2D eigenvalue weighted by molar-refractivity contribution is 9.10. The van der Waals surface area contributed by atoms with Crippen LogP contribution in [0.4, 0.5) is 4.39 Å². The Kier molecular flexibility index (Phi) is 6.15. The fourth-order valence-corrected chi connectivity index (χ4v) is 2.03. The van der Waals surface area contributed by atoms with Crippen LogP contribution in [0.3, 0.4) is 0 Å². The Hall–Kier alpha value is -0.260. The van der Waals surface area contributed by atoms with Crippen LogP contribution < -0.4 is 18.1 Å². The Bertz CT molecular complexity index is 335. The lowest BCUT2D eigenvalue weighted by Crippen LogP contribution is -3.00. The van der Waals surface area contributed by atoms with E-state index in [0.29, 0.717) is 10.2 Å². The smallest absolute Gasteiger partial charge is 0.151 e. The number of rotatable bonds is 2. The molecule has 0 aliphatic carbocycles. The summed E-state index contributed by atoms with van der Waals surface area (Å²) in [6.07, 6.45) is 0. The van der Waals surface area contributed by atoms with Crippen molar-refractivity contribution in [1.82, 2.24) is 0 Å². The fourth-order valence-electron chi connectivity index (χ4n) is 0.794. The van der Waals surface area contributed by atoms with Gasteiger partial charge in [0.05, 0.1) is 0 Å². The highest BCUT2D eigenvalue weighted by atomic mass is 79.9. The van der Waals surface area contributed by atoms with Gasteiger partial charge in [-0.3, -0.25) is 5.41 Å². The number of halogens is 3. The van der Waals surface area contributed by atoms with E-state index in [-0.39, 0.29) is 23.4 Å². The normalized spacial score (nSPS) is 9.29. The molecule has 0 aliphatic rings. The van der Waals surface area contributed by atoms with Crippen molar-refractivity contribution >= 4 is 32.9 Å². The summed E-state index contributed by atoms with van der Waals surface area (Å²) >= 11 is 4.45. The van der Waals surface area contributed by atoms with Gasteiger partial charge in [0.25, 0.3) is 0 Å². The van der Waals surface area contributed by atoms with Crippen molar-refractivity contribution in [3.63, 3.8) is 0 Å². The summed E-state index contributed by atoms with van der Waals surface area (Å²) in [4.78, 5) is 0. The Morgan fingerprint density at radius 1 is 1.57 bits per heavy atom. The minimum absolute atomic E-state index is 0. The van der Waals surface area contributed by atoms with Gasteiger partial charge < -0.3 is 18.1 Å². The van der Waals surface area contributed by atoms with Crippen LogP contribution in [0.1, 0.15) is 5.56 Å². The maximum absolute atomic E-state index is 12.6. The zero-order valence-electron chi connectivity index (χ0n) is 7.06. The van der Waals surface area contributed by atoms with E-state index in [1.54, 1.807) is 6.07 Å². The van der Waals surface area contributed by atoms with Crippen molar-refractivity contribution < 1.29 is 16.8 Å².